The number of allylic oxidation sites excluding steroid dienone is 2. The zero-order valence-corrected chi connectivity index (χ0v) is 21.5. The Balaban J connectivity index is 2.52. The van der Waals surface area contributed by atoms with Crippen LogP contribution in [-0.2, 0) is 18.4 Å². The molecule has 2 rings (SSSR count). The van der Waals surface area contributed by atoms with Gasteiger partial charge in [0.25, 0.3) is 0 Å². The Bertz CT molecular complexity index is 689. The Morgan fingerprint density at radius 1 is 1.14 bits per heavy atom. The first-order valence-corrected chi connectivity index (χ1v) is 13.3. The third-order valence-electron chi connectivity index (χ3n) is 6.02. The number of thioether (sulfide) groups is 1. The lowest BCUT2D eigenvalue weighted by Gasteiger charge is -2.38. The minimum Gasteiger partial charge on any atom is -0.314 e. The first-order valence-electron chi connectivity index (χ1n) is 10.8. The highest BCUT2D eigenvalue weighted by Gasteiger charge is 2.66. The van der Waals surface area contributed by atoms with Gasteiger partial charge in [0.1, 0.15) is 5.78 Å². The van der Waals surface area contributed by atoms with Gasteiger partial charge < -0.3 is 13.9 Å². The van der Waals surface area contributed by atoms with E-state index in [4.69, 9.17) is 9.05 Å². The highest BCUT2D eigenvalue weighted by molar-refractivity contribution is 8.01. The third kappa shape index (κ3) is 4.66. The number of carbonyl (C=O) groups is 1. The molecule has 4 atom stereocenters. The molecule has 0 aromatic rings. The predicted molar refractivity (Wildman–Crippen MR) is 122 cm³/mol. The van der Waals surface area contributed by atoms with Crippen molar-refractivity contribution in [3.8, 4) is 0 Å². The van der Waals surface area contributed by atoms with Crippen molar-refractivity contribution in [2.45, 2.75) is 85.1 Å². The van der Waals surface area contributed by atoms with E-state index < -0.39 is 18.1 Å². The van der Waals surface area contributed by atoms with Crippen molar-refractivity contribution < 1.29 is 18.4 Å². The monoisotopic (exact) mass is 445 g/mol. The Labute approximate surface area is 181 Å². The number of hydrogen-bond acceptors (Lipinski definition) is 5. The maximum absolute atomic E-state index is 13.9. The van der Waals surface area contributed by atoms with Crippen LogP contribution in [0, 0.1) is 23.2 Å². The van der Waals surface area contributed by atoms with E-state index in [0.717, 1.165) is 0 Å². The van der Waals surface area contributed by atoms with Crippen LogP contribution in [-0.4, -0.2) is 39.9 Å². The molecule has 0 bridgehead atoms. The first kappa shape index (κ1) is 25.0. The molecule has 0 aromatic heterocycles. The van der Waals surface area contributed by atoms with Gasteiger partial charge in [-0.1, -0.05) is 39.3 Å². The second kappa shape index (κ2) is 8.68. The van der Waals surface area contributed by atoms with E-state index in [1.165, 1.54) is 5.57 Å². The lowest BCUT2D eigenvalue weighted by atomic mass is 10.1. The molecule has 0 radical (unpaired) electrons. The lowest BCUT2D eigenvalue weighted by molar-refractivity contribution is -0.136. The van der Waals surface area contributed by atoms with Crippen molar-refractivity contribution in [1.82, 2.24) is 4.90 Å². The lowest BCUT2D eigenvalue weighted by Crippen LogP contribution is -2.48. The van der Waals surface area contributed by atoms with Crippen molar-refractivity contribution in [2.24, 2.45) is 23.2 Å². The maximum Gasteiger partial charge on any atom is 0.354 e. The predicted octanol–water partition coefficient (Wildman–Crippen LogP) is 6.15. The van der Waals surface area contributed by atoms with Gasteiger partial charge in [0.15, 0.2) is 0 Å². The Morgan fingerprint density at radius 2 is 1.66 bits per heavy atom. The van der Waals surface area contributed by atoms with E-state index in [1.54, 1.807) is 11.8 Å². The summed E-state index contributed by atoms with van der Waals surface area (Å²) in [5.74, 6) is -0.177. The largest absolute Gasteiger partial charge is 0.354 e. The minimum atomic E-state index is -3.51. The normalized spacial score (nSPS) is 30.5. The van der Waals surface area contributed by atoms with Crippen molar-refractivity contribution >= 4 is 25.3 Å². The quantitative estimate of drug-likeness (QED) is 0.331. The summed E-state index contributed by atoms with van der Waals surface area (Å²) in [5, 5.41) is -0.0551. The second-order valence-corrected chi connectivity index (χ2v) is 13.8. The second-order valence-electron chi connectivity index (χ2n) is 9.92. The first-order chi connectivity index (χ1) is 13.2. The van der Waals surface area contributed by atoms with Crippen molar-refractivity contribution in [3.63, 3.8) is 0 Å². The van der Waals surface area contributed by atoms with Crippen LogP contribution in [0.1, 0.15) is 69.2 Å². The molecular weight excluding hydrogens is 405 g/mol. The van der Waals surface area contributed by atoms with Gasteiger partial charge >= 0.3 is 7.60 Å². The molecule has 1 aliphatic heterocycles. The molecule has 2 fully saturated rings. The standard InChI is InChI=1S/C22H40NO4PS/c1-11-26-28(25,27-12-2)20-22(9,10)29-19(15(5)6)23(20)18(24)17-16(13-14(3)4)21(17,7)8/h13,15-17,19-20H,11-12H2,1-10H3. The molecule has 0 aromatic carbocycles. The molecule has 168 valence electrons. The van der Waals surface area contributed by atoms with Gasteiger partial charge in [0.05, 0.1) is 24.5 Å². The molecule has 1 amide bonds. The molecule has 0 N–H and O–H groups in total. The van der Waals surface area contributed by atoms with Gasteiger partial charge in [-0.05, 0) is 58.8 Å². The minimum absolute atomic E-state index is 0.0551. The van der Waals surface area contributed by atoms with Crippen molar-refractivity contribution in [1.29, 1.82) is 0 Å². The fraction of sp³-hybridized carbons (Fsp3) is 0.864. The number of rotatable bonds is 8. The van der Waals surface area contributed by atoms with E-state index in [9.17, 15) is 9.36 Å². The highest BCUT2D eigenvalue weighted by atomic mass is 32.2. The molecule has 1 aliphatic carbocycles. The van der Waals surface area contributed by atoms with Gasteiger partial charge in [-0.15, -0.1) is 11.8 Å². The van der Waals surface area contributed by atoms with Crippen molar-refractivity contribution in [2.75, 3.05) is 13.2 Å². The molecule has 5 nitrogen and oxygen atoms in total. The summed E-state index contributed by atoms with van der Waals surface area (Å²) in [6.45, 7) is 21.0. The smallest absolute Gasteiger partial charge is 0.314 e. The van der Waals surface area contributed by atoms with Crippen LogP contribution in [0.5, 0.6) is 0 Å². The Morgan fingerprint density at radius 3 is 2.07 bits per heavy atom. The van der Waals surface area contributed by atoms with Crippen LogP contribution in [0.3, 0.4) is 0 Å². The van der Waals surface area contributed by atoms with Crippen LogP contribution in [0.25, 0.3) is 0 Å². The summed E-state index contributed by atoms with van der Waals surface area (Å²) in [6, 6.07) is 0. The molecule has 2 aliphatic rings. The van der Waals surface area contributed by atoms with Crippen LogP contribution in [0.2, 0.25) is 0 Å². The van der Waals surface area contributed by atoms with Crippen LogP contribution >= 0.6 is 19.4 Å². The SMILES string of the molecule is CCOP(=O)(OCC)C1N(C(=O)C2C(C=C(C)C)C2(C)C)C(C(C)C)SC1(C)C. The van der Waals surface area contributed by atoms with Gasteiger partial charge in [0, 0.05) is 4.75 Å². The van der Waals surface area contributed by atoms with E-state index >= 15 is 0 Å². The molecule has 1 saturated carbocycles. The summed E-state index contributed by atoms with van der Waals surface area (Å²) in [6.07, 6.45) is 2.21. The topological polar surface area (TPSA) is 55.8 Å². The zero-order valence-electron chi connectivity index (χ0n) is 19.8. The molecule has 4 unspecified atom stereocenters. The van der Waals surface area contributed by atoms with Gasteiger partial charge in [-0.2, -0.15) is 0 Å². The fourth-order valence-electron chi connectivity index (χ4n) is 4.66. The summed E-state index contributed by atoms with van der Waals surface area (Å²) in [5.41, 5.74) is 1.12. The summed E-state index contributed by atoms with van der Waals surface area (Å²) in [7, 11) is -3.51. The van der Waals surface area contributed by atoms with Crippen LogP contribution in [0.15, 0.2) is 11.6 Å². The third-order valence-corrected chi connectivity index (χ3v) is 10.8. The summed E-state index contributed by atoms with van der Waals surface area (Å²) >= 11 is 1.72. The molecule has 0 spiro atoms. The van der Waals surface area contributed by atoms with E-state index in [1.807, 2.05) is 18.7 Å². The van der Waals surface area contributed by atoms with E-state index in [-0.39, 0.29) is 47.7 Å². The number of carbonyl (C=O) groups excluding carboxylic acids is 1. The van der Waals surface area contributed by atoms with E-state index in [0.29, 0.717) is 0 Å². The average molecular weight is 446 g/mol. The average Bonchev–Trinajstić information content (AvgIpc) is 2.94. The number of amides is 1. The highest BCUT2D eigenvalue weighted by Crippen LogP contribution is 2.68. The Kier molecular flexibility index (Phi) is 7.48. The molecule has 29 heavy (non-hydrogen) atoms. The molecular formula is C22H40NO4PS. The summed E-state index contributed by atoms with van der Waals surface area (Å²) in [4.78, 5) is 15.8. The van der Waals surface area contributed by atoms with Gasteiger partial charge in [-0.3, -0.25) is 9.36 Å². The molecule has 7 heteroatoms. The maximum atomic E-state index is 13.9. The number of hydrogen-bond donors (Lipinski definition) is 0. The van der Waals surface area contributed by atoms with Crippen molar-refractivity contribution in [3.05, 3.63) is 11.6 Å². The van der Waals surface area contributed by atoms with Crippen LogP contribution < -0.4 is 0 Å². The van der Waals surface area contributed by atoms with Gasteiger partial charge in [-0.25, -0.2) is 0 Å². The molecule has 1 saturated heterocycles. The van der Waals surface area contributed by atoms with Gasteiger partial charge in [0.2, 0.25) is 5.91 Å². The zero-order chi connectivity index (χ0) is 22.4. The molecule has 1 heterocycles. The number of nitrogens with zero attached hydrogens (tertiary/aromatic N) is 1. The Hall–Kier alpha value is -0.290. The fourth-order valence-corrected chi connectivity index (χ4v) is 9.19. The summed E-state index contributed by atoms with van der Waals surface area (Å²) < 4.78 is 25.0. The van der Waals surface area contributed by atoms with E-state index in [2.05, 4.69) is 61.5 Å². The van der Waals surface area contributed by atoms with Crippen LogP contribution in [0.4, 0.5) is 0 Å².